The van der Waals surface area contributed by atoms with Gasteiger partial charge in [-0.3, -0.25) is 14.5 Å². The summed E-state index contributed by atoms with van der Waals surface area (Å²) in [5.41, 5.74) is 0. The van der Waals surface area contributed by atoms with Gasteiger partial charge in [-0.15, -0.1) is 0 Å². The molecular weight excluding hydrogens is 358 g/mol. The molecule has 1 saturated carbocycles. The van der Waals surface area contributed by atoms with E-state index in [2.05, 4.69) is 17.9 Å². The van der Waals surface area contributed by atoms with Crippen LogP contribution in [0.2, 0.25) is 0 Å². The largest absolute Gasteiger partial charge is 0.466 e. The SMILES string of the molecule is CC1CC1c1ccc(CCC(=O)N2CCN(C(=O)CN3CCOCC3)CC2)o1. The summed E-state index contributed by atoms with van der Waals surface area (Å²) < 4.78 is 11.2. The standard InChI is InChI=1S/C21H31N3O4/c1-16-14-18(16)19-4-2-17(28-19)3-5-20(25)23-6-8-24(9-7-23)21(26)15-22-10-12-27-13-11-22/h2,4,16,18H,3,5-15H2,1H3. The summed E-state index contributed by atoms with van der Waals surface area (Å²) >= 11 is 0. The van der Waals surface area contributed by atoms with Crippen molar-refractivity contribution in [3.8, 4) is 0 Å². The second-order valence-electron chi connectivity index (χ2n) is 8.27. The fourth-order valence-corrected chi connectivity index (χ4v) is 4.09. The van der Waals surface area contributed by atoms with Gasteiger partial charge in [0.15, 0.2) is 0 Å². The van der Waals surface area contributed by atoms with Crippen LogP contribution < -0.4 is 0 Å². The zero-order valence-electron chi connectivity index (χ0n) is 16.8. The molecule has 3 heterocycles. The third-order valence-corrected chi connectivity index (χ3v) is 6.19. The summed E-state index contributed by atoms with van der Waals surface area (Å²) in [5, 5.41) is 0. The Morgan fingerprint density at radius 1 is 1.00 bits per heavy atom. The number of amides is 2. The molecule has 0 radical (unpaired) electrons. The minimum atomic E-state index is 0.151. The quantitative estimate of drug-likeness (QED) is 0.735. The molecule has 2 atom stereocenters. The van der Waals surface area contributed by atoms with E-state index in [1.807, 2.05) is 15.9 Å². The number of furan rings is 1. The molecule has 154 valence electrons. The molecule has 2 saturated heterocycles. The average molecular weight is 389 g/mol. The van der Waals surface area contributed by atoms with Crippen molar-refractivity contribution in [1.29, 1.82) is 0 Å². The summed E-state index contributed by atoms with van der Waals surface area (Å²) in [4.78, 5) is 30.9. The van der Waals surface area contributed by atoms with Crippen molar-refractivity contribution in [2.24, 2.45) is 5.92 Å². The Labute approximate surface area is 166 Å². The maximum atomic E-state index is 12.5. The third kappa shape index (κ3) is 4.75. The highest BCUT2D eigenvalue weighted by Crippen LogP contribution is 2.47. The lowest BCUT2D eigenvalue weighted by atomic mass is 10.2. The number of aryl methyl sites for hydroxylation is 1. The Morgan fingerprint density at radius 3 is 2.29 bits per heavy atom. The summed E-state index contributed by atoms with van der Waals surface area (Å²) in [6.45, 7) is 8.22. The third-order valence-electron chi connectivity index (χ3n) is 6.19. The van der Waals surface area contributed by atoms with Crippen LogP contribution >= 0.6 is 0 Å². The molecule has 28 heavy (non-hydrogen) atoms. The molecule has 7 nitrogen and oxygen atoms in total. The Bertz CT molecular complexity index is 690. The van der Waals surface area contributed by atoms with E-state index in [4.69, 9.17) is 9.15 Å². The first-order valence-electron chi connectivity index (χ1n) is 10.5. The molecule has 0 spiro atoms. The van der Waals surface area contributed by atoms with Crippen LogP contribution in [0.25, 0.3) is 0 Å². The first-order valence-corrected chi connectivity index (χ1v) is 10.5. The van der Waals surface area contributed by atoms with Gasteiger partial charge in [0.25, 0.3) is 0 Å². The van der Waals surface area contributed by atoms with Crippen LogP contribution in [-0.4, -0.2) is 85.5 Å². The Morgan fingerprint density at radius 2 is 1.64 bits per heavy atom. The van der Waals surface area contributed by atoms with Crippen molar-refractivity contribution < 1.29 is 18.7 Å². The monoisotopic (exact) mass is 389 g/mol. The van der Waals surface area contributed by atoms with Crippen LogP contribution in [0.4, 0.5) is 0 Å². The molecule has 0 bridgehead atoms. The molecule has 7 heteroatoms. The van der Waals surface area contributed by atoms with Gasteiger partial charge >= 0.3 is 0 Å². The molecule has 1 aliphatic carbocycles. The number of ether oxygens (including phenoxy) is 1. The summed E-state index contributed by atoms with van der Waals surface area (Å²) in [7, 11) is 0. The predicted octanol–water partition coefficient (Wildman–Crippen LogP) is 1.34. The van der Waals surface area contributed by atoms with Gasteiger partial charge in [-0.05, 0) is 24.5 Å². The minimum Gasteiger partial charge on any atom is -0.466 e. The Kier molecular flexibility index (Phi) is 6.01. The minimum absolute atomic E-state index is 0.151. The van der Waals surface area contributed by atoms with E-state index >= 15 is 0 Å². The summed E-state index contributed by atoms with van der Waals surface area (Å²) in [6.07, 6.45) is 2.32. The van der Waals surface area contributed by atoms with E-state index < -0.39 is 0 Å². The fraction of sp³-hybridized carbons (Fsp3) is 0.714. The zero-order valence-corrected chi connectivity index (χ0v) is 16.8. The number of hydrogen-bond acceptors (Lipinski definition) is 5. The molecule has 0 aromatic carbocycles. The van der Waals surface area contributed by atoms with E-state index in [0.717, 1.165) is 30.5 Å². The van der Waals surface area contributed by atoms with Crippen LogP contribution in [-0.2, 0) is 20.7 Å². The smallest absolute Gasteiger partial charge is 0.236 e. The van der Waals surface area contributed by atoms with Crippen LogP contribution in [0, 0.1) is 5.92 Å². The molecule has 1 aromatic rings. The molecular formula is C21H31N3O4. The van der Waals surface area contributed by atoms with E-state index in [9.17, 15) is 9.59 Å². The van der Waals surface area contributed by atoms with Crippen molar-refractivity contribution in [2.45, 2.75) is 32.1 Å². The Hall–Kier alpha value is -1.86. The van der Waals surface area contributed by atoms with E-state index in [-0.39, 0.29) is 11.8 Å². The number of piperazine rings is 1. The lowest BCUT2D eigenvalue weighted by Crippen LogP contribution is -2.53. The molecule has 1 aromatic heterocycles. The van der Waals surface area contributed by atoms with Crippen molar-refractivity contribution >= 4 is 11.8 Å². The van der Waals surface area contributed by atoms with Crippen LogP contribution in [0.1, 0.15) is 37.2 Å². The van der Waals surface area contributed by atoms with Gasteiger partial charge in [0, 0.05) is 58.0 Å². The highest BCUT2D eigenvalue weighted by atomic mass is 16.5. The maximum Gasteiger partial charge on any atom is 0.236 e. The molecule has 2 unspecified atom stereocenters. The van der Waals surface area contributed by atoms with E-state index in [1.54, 1.807) is 0 Å². The van der Waals surface area contributed by atoms with Crippen molar-refractivity contribution in [1.82, 2.24) is 14.7 Å². The van der Waals surface area contributed by atoms with E-state index in [1.165, 1.54) is 6.42 Å². The van der Waals surface area contributed by atoms with Crippen LogP contribution in [0.3, 0.4) is 0 Å². The first-order chi connectivity index (χ1) is 13.6. The van der Waals surface area contributed by atoms with Gasteiger partial charge in [0.1, 0.15) is 11.5 Å². The van der Waals surface area contributed by atoms with Crippen LogP contribution in [0.5, 0.6) is 0 Å². The van der Waals surface area contributed by atoms with Gasteiger partial charge in [-0.25, -0.2) is 0 Å². The number of carbonyl (C=O) groups is 2. The topological polar surface area (TPSA) is 66.2 Å². The number of hydrogen-bond donors (Lipinski definition) is 0. The number of carbonyl (C=O) groups excluding carboxylic acids is 2. The molecule has 4 rings (SSSR count). The van der Waals surface area contributed by atoms with E-state index in [0.29, 0.717) is 64.7 Å². The zero-order chi connectivity index (χ0) is 19.5. The van der Waals surface area contributed by atoms with Crippen LogP contribution in [0.15, 0.2) is 16.5 Å². The second kappa shape index (κ2) is 8.66. The normalized spacial score (nSPS) is 25.8. The number of nitrogens with zero attached hydrogens (tertiary/aromatic N) is 3. The average Bonchev–Trinajstić information content (AvgIpc) is 3.26. The maximum absolute atomic E-state index is 12.5. The lowest BCUT2D eigenvalue weighted by Gasteiger charge is -2.36. The van der Waals surface area contributed by atoms with Gasteiger partial charge in [0.05, 0.1) is 19.8 Å². The highest BCUT2D eigenvalue weighted by Gasteiger charge is 2.36. The van der Waals surface area contributed by atoms with Crippen molar-refractivity contribution in [3.05, 3.63) is 23.7 Å². The molecule has 3 fully saturated rings. The molecule has 2 aliphatic heterocycles. The molecule has 2 amide bonds. The second-order valence-corrected chi connectivity index (χ2v) is 8.27. The summed E-state index contributed by atoms with van der Waals surface area (Å²) in [6, 6.07) is 4.07. The molecule has 3 aliphatic rings. The van der Waals surface area contributed by atoms with Crippen molar-refractivity contribution in [2.75, 3.05) is 59.0 Å². The number of rotatable bonds is 6. The lowest BCUT2D eigenvalue weighted by molar-refractivity contribution is -0.140. The fourth-order valence-electron chi connectivity index (χ4n) is 4.09. The Balaban J connectivity index is 1.17. The highest BCUT2D eigenvalue weighted by molar-refractivity contribution is 5.79. The first kappa shape index (κ1) is 19.5. The van der Waals surface area contributed by atoms with Gasteiger partial charge in [-0.1, -0.05) is 6.92 Å². The van der Waals surface area contributed by atoms with Crippen molar-refractivity contribution in [3.63, 3.8) is 0 Å². The summed E-state index contributed by atoms with van der Waals surface area (Å²) in [5.74, 6) is 3.59. The predicted molar refractivity (Wildman–Crippen MR) is 104 cm³/mol. The van der Waals surface area contributed by atoms with Gasteiger partial charge in [0.2, 0.25) is 11.8 Å². The van der Waals surface area contributed by atoms with Gasteiger partial charge in [-0.2, -0.15) is 0 Å². The molecule has 0 N–H and O–H groups in total. The van der Waals surface area contributed by atoms with Gasteiger partial charge < -0.3 is 19.0 Å². The number of morpholine rings is 1.